The predicted octanol–water partition coefficient (Wildman–Crippen LogP) is -1.40. The molecule has 0 atom stereocenters. The average Bonchev–Trinajstić information content (AvgIpc) is 1.85. The fourth-order valence-corrected chi connectivity index (χ4v) is 0.416. The number of nitrogens with one attached hydrogen (secondary N) is 1. The quantitative estimate of drug-likeness (QED) is 0.207. The number of nitrogens with two attached hydrogens (primary N) is 2. The highest BCUT2D eigenvalue weighted by atomic mass is 16.6. The van der Waals surface area contributed by atoms with Gasteiger partial charge in [-0.25, -0.2) is 0 Å². The summed E-state index contributed by atoms with van der Waals surface area (Å²) in [6.07, 6.45) is 0. The Bertz CT molecular complexity index is 264. The molecule has 0 saturated carbocycles. The topological polar surface area (TPSA) is 162 Å². The van der Waals surface area contributed by atoms with Crippen LogP contribution >= 0.6 is 0 Å². The Hall–Kier alpha value is -2.19. The summed E-state index contributed by atoms with van der Waals surface area (Å²) in [5.41, 5.74) is 8.16. The van der Waals surface area contributed by atoms with E-state index in [0.717, 1.165) is 0 Å². The molecule has 5 N–H and O–H groups in total. The van der Waals surface area contributed by atoms with E-state index in [0.29, 0.717) is 0 Å². The normalized spacial score (nSPS) is 11.7. The minimum absolute atomic E-state index is 1.05. The van der Waals surface area contributed by atoms with Crippen molar-refractivity contribution >= 4 is 5.84 Å². The van der Waals surface area contributed by atoms with Gasteiger partial charge in [0, 0.05) is 0 Å². The lowest BCUT2D eigenvalue weighted by atomic mass is 10.4. The summed E-state index contributed by atoms with van der Waals surface area (Å²) in [4.78, 5) is 17.6. The summed E-state index contributed by atoms with van der Waals surface area (Å²) < 4.78 is 0. The number of amidine groups is 1. The highest BCUT2D eigenvalue weighted by Crippen LogP contribution is 1.99. The lowest BCUT2D eigenvalue weighted by Crippen LogP contribution is -2.26. The van der Waals surface area contributed by atoms with Crippen molar-refractivity contribution in [2.75, 3.05) is 0 Å². The monoisotopic (exact) mass is 175 g/mol. The molecule has 66 valence electrons. The van der Waals surface area contributed by atoms with Crippen molar-refractivity contribution in [3.8, 4) is 0 Å². The fraction of sp³-hybridized carbons (Fsp3) is 0. The largest absolute Gasteiger partial charge is 0.401 e. The van der Waals surface area contributed by atoms with Crippen molar-refractivity contribution in [3.05, 3.63) is 31.7 Å². The molecule has 0 radical (unpaired) electrons. The Morgan fingerprint density at radius 3 is 1.67 bits per heavy atom. The molecule has 0 aromatic rings. The van der Waals surface area contributed by atoms with Gasteiger partial charge in [0.25, 0.3) is 0 Å². The number of nitrogens with zero attached hydrogens (tertiary/aromatic N) is 2. The smallest absolute Gasteiger partial charge is 0.378 e. The Morgan fingerprint density at radius 1 is 1.17 bits per heavy atom. The van der Waals surface area contributed by atoms with Crippen LogP contribution in [0, 0.1) is 25.6 Å². The summed E-state index contributed by atoms with van der Waals surface area (Å²) >= 11 is 0. The lowest BCUT2D eigenvalue weighted by Gasteiger charge is -1.95. The number of rotatable bonds is 3. The van der Waals surface area contributed by atoms with Gasteiger partial charge >= 0.3 is 11.5 Å². The zero-order chi connectivity index (χ0) is 9.89. The van der Waals surface area contributed by atoms with Gasteiger partial charge < -0.3 is 15.8 Å². The van der Waals surface area contributed by atoms with E-state index < -0.39 is 27.2 Å². The molecular weight excluding hydrogens is 170 g/mol. The first-order valence-electron chi connectivity index (χ1n) is 2.50. The molecule has 9 heteroatoms. The van der Waals surface area contributed by atoms with Crippen LogP contribution < -0.4 is 11.5 Å². The van der Waals surface area contributed by atoms with E-state index in [4.69, 9.17) is 5.41 Å². The molecule has 0 aromatic carbocycles. The van der Waals surface area contributed by atoms with Crippen molar-refractivity contribution in [3.63, 3.8) is 0 Å². The molecule has 0 spiro atoms. The average molecular weight is 175 g/mol. The third-order valence-electron chi connectivity index (χ3n) is 0.877. The second-order valence-corrected chi connectivity index (χ2v) is 1.66. The van der Waals surface area contributed by atoms with Crippen LogP contribution in [0.5, 0.6) is 0 Å². The Kier molecular flexibility index (Phi) is 2.68. The molecule has 0 rings (SSSR count). The molecule has 0 aliphatic heterocycles. The van der Waals surface area contributed by atoms with E-state index in [9.17, 15) is 20.2 Å². The number of hydrogen-bond donors (Lipinski definition) is 3. The third-order valence-corrected chi connectivity index (χ3v) is 0.877. The maximum Gasteiger partial charge on any atom is 0.401 e. The van der Waals surface area contributed by atoms with Gasteiger partial charge in [0.15, 0.2) is 0 Å². The van der Waals surface area contributed by atoms with Crippen LogP contribution in [0.3, 0.4) is 0 Å². The van der Waals surface area contributed by atoms with Gasteiger partial charge in [0.05, 0.1) is 4.92 Å². The van der Waals surface area contributed by atoms with E-state index in [1.54, 1.807) is 0 Å². The number of hydrogen-bond acceptors (Lipinski definition) is 6. The van der Waals surface area contributed by atoms with E-state index in [2.05, 4.69) is 11.5 Å². The maximum absolute atomic E-state index is 10.0. The van der Waals surface area contributed by atoms with Gasteiger partial charge in [-0.15, -0.1) is 0 Å². The van der Waals surface area contributed by atoms with Gasteiger partial charge in [0.1, 0.15) is 0 Å². The number of nitro groups is 2. The first-order valence-corrected chi connectivity index (χ1v) is 2.50. The second-order valence-electron chi connectivity index (χ2n) is 1.66. The molecule has 0 amide bonds. The summed E-state index contributed by atoms with van der Waals surface area (Å²) in [7, 11) is 0. The highest BCUT2D eigenvalue weighted by Gasteiger charge is 2.27. The van der Waals surface area contributed by atoms with Crippen molar-refractivity contribution in [1.29, 1.82) is 5.41 Å². The molecular formula is C3H5N5O4. The summed E-state index contributed by atoms with van der Waals surface area (Å²) in [5.74, 6) is -2.29. The molecule has 0 aliphatic carbocycles. The highest BCUT2D eigenvalue weighted by molar-refractivity contribution is 5.92. The summed E-state index contributed by atoms with van der Waals surface area (Å²) in [6, 6.07) is 0. The van der Waals surface area contributed by atoms with Crippen LogP contribution in [0.2, 0.25) is 0 Å². The Morgan fingerprint density at radius 2 is 1.58 bits per heavy atom. The van der Waals surface area contributed by atoms with Gasteiger partial charge in [0.2, 0.25) is 5.84 Å². The van der Waals surface area contributed by atoms with Gasteiger partial charge in [-0.1, -0.05) is 0 Å². The minimum atomic E-state index is -1.24. The van der Waals surface area contributed by atoms with Crippen LogP contribution in [0.4, 0.5) is 0 Å². The summed E-state index contributed by atoms with van der Waals surface area (Å²) in [6.45, 7) is 0. The maximum atomic E-state index is 10.0. The first kappa shape index (κ1) is 9.81. The molecule has 9 nitrogen and oxygen atoms in total. The van der Waals surface area contributed by atoms with Gasteiger partial charge in [-0.3, -0.25) is 21.3 Å². The Labute approximate surface area is 65.5 Å². The third kappa shape index (κ3) is 1.90. The van der Waals surface area contributed by atoms with Crippen LogP contribution in [-0.2, 0) is 0 Å². The molecule has 0 fully saturated rings. The molecule has 0 heterocycles. The van der Waals surface area contributed by atoms with Crippen molar-refractivity contribution < 1.29 is 9.85 Å². The van der Waals surface area contributed by atoms with Gasteiger partial charge in [-0.05, 0) is 4.92 Å². The van der Waals surface area contributed by atoms with Gasteiger partial charge in [-0.2, -0.15) is 0 Å². The van der Waals surface area contributed by atoms with Crippen LogP contribution in [0.25, 0.3) is 0 Å². The van der Waals surface area contributed by atoms with Crippen molar-refractivity contribution in [1.82, 2.24) is 0 Å². The second kappa shape index (κ2) is 3.27. The van der Waals surface area contributed by atoms with Crippen LogP contribution in [-0.4, -0.2) is 15.7 Å². The lowest BCUT2D eigenvalue weighted by molar-refractivity contribution is -0.466. The molecule has 0 unspecified atom stereocenters. The predicted molar refractivity (Wildman–Crippen MR) is 37.1 cm³/mol. The molecule has 0 aliphatic rings. The zero-order valence-electron chi connectivity index (χ0n) is 5.68. The Balaban J connectivity index is 5.23. The van der Waals surface area contributed by atoms with E-state index in [-0.39, 0.29) is 0 Å². The SMILES string of the molecule is N=C(N)C(=C(N)[N+](=O)[O-])[N+](=O)[O-]. The first-order chi connectivity index (χ1) is 5.37. The van der Waals surface area contributed by atoms with Crippen LogP contribution in [0.15, 0.2) is 11.5 Å². The van der Waals surface area contributed by atoms with Crippen LogP contribution in [0.1, 0.15) is 0 Å². The van der Waals surface area contributed by atoms with Crippen molar-refractivity contribution in [2.45, 2.75) is 0 Å². The van der Waals surface area contributed by atoms with Crippen molar-refractivity contribution in [2.24, 2.45) is 11.5 Å². The fourth-order valence-electron chi connectivity index (χ4n) is 0.416. The van der Waals surface area contributed by atoms with E-state index in [1.807, 2.05) is 0 Å². The van der Waals surface area contributed by atoms with E-state index in [1.165, 1.54) is 0 Å². The zero-order valence-corrected chi connectivity index (χ0v) is 5.68. The molecule has 0 aromatic heterocycles. The molecule has 12 heavy (non-hydrogen) atoms. The minimum Gasteiger partial charge on any atom is -0.378 e. The molecule has 0 bridgehead atoms. The molecule has 0 saturated heterocycles. The summed E-state index contributed by atoms with van der Waals surface area (Å²) in [5, 5.41) is 26.5. The standard InChI is InChI=1S/C3H5N5O4/c4-2(5)1(7(9)10)3(6)8(11)12/h6H2,(H3,4,5). The van der Waals surface area contributed by atoms with E-state index >= 15 is 0 Å².